The third-order valence-corrected chi connectivity index (χ3v) is 2.72. The van der Waals surface area contributed by atoms with E-state index in [0.717, 1.165) is 26.2 Å². The zero-order valence-corrected chi connectivity index (χ0v) is 8.06. The number of carbonyl (C=O) groups excluding carboxylic acids is 1. The Bertz CT molecular complexity index is 278. The Labute approximate surface area is 81.4 Å². The van der Waals surface area contributed by atoms with Crippen LogP contribution in [-0.4, -0.2) is 37.0 Å². The van der Waals surface area contributed by atoms with Crippen LogP contribution in [0.3, 0.4) is 0 Å². The molecule has 2 rings (SSSR count). The highest BCUT2D eigenvalue weighted by Gasteiger charge is 2.17. The van der Waals surface area contributed by atoms with Crippen molar-refractivity contribution in [1.29, 1.82) is 0 Å². The van der Waals surface area contributed by atoms with Crippen molar-refractivity contribution in [3.8, 4) is 0 Å². The molecule has 0 spiro atoms. The van der Waals surface area contributed by atoms with Gasteiger partial charge in [-0.05, 0) is 11.4 Å². The van der Waals surface area contributed by atoms with E-state index in [9.17, 15) is 4.79 Å². The maximum absolute atomic E-state index is 11.7. The fourth-order valence-electron chi connectivity index (χ4n) is 1.39. The number of thiophene rings is 1. The van der Waals surface area contributed by atoms with E-state index < -0.39 is 0 Å². The Morgan fingerprint density at radius 1 is 1.54 bits per heavy atom. The molecule has 1 radical (unpaired) electrons. The second-order valence-electron chi connectivity index (χ2n) is 2.98. The summed E-state index contributed by atoms with van der Waals surface area (Å²) < 4.78 is 0. The molecule has 0 aromatic carbocycles. The lowest BCUT2D eigenvalue weighted by Crippen LogP contribution is -2.46. The van der Waals surface area contributed by atoms with Crippen LogP contribution < -0.4 is 5.32 Å². The largest absolute Gasteiger partial charge is 0.336 e. The van der Waals surface area contributed by atoms with Gasteiger partial charge in [-0.2, -0.15) is 0 Å². The van der Waals surface area contributed by atoms with Crippen LogP contribution in [0.5, 0.6) is 0 Å². The van der Waals surface area contributed by atoms with Crippen LogP contribution in [0.4, 0.5) is 0 Å². The van der Waals surface area contributed by atoms with Crippen LogP contribution in [0, 0.1) is 5.38 Å². The smallest absolute Gasteiger partial charge is 0.255 e. The first-order valence-electron chi connectivity index (χ1n) is 4.33. The maximum Gasteiger partial charge on any atom is 0.255 e. The molecule has 2 heterocycles. The Kier molecular flexibility index (Phi) is 2.61. The molecule has 1 fully saturated rings. The zero-order valence-electron chi connectivity index (χ0n) is 7.25. The van der Waals surface area contributed by atoms with Crippen molar-refractivity contribution in [1.82, 2.24) is 10.2 Å². The first-order valence-corrected chi connectivity index (χ1v) is 5.21. The van der Waals surface area contributed by atoms with Gasteiger partial charge in [-0.15, -0.1) is 11.3 Å². The summed E-state index contributed by atoms with van der Waals surface area (Å²) in [4.78, 5) is 13.6. The molecule has 1 aliphatic rings. The third-order valence-electron chi connectivity index (χ3n) is 2.11. The van der Waals surface area contributed by atoms with E-state index in [2.05, 4.69) is 10.7 Å². The summed E-state index contributed by atoms with van der Waals surface area (Å²) in [7, 11) is 0. The Hall–Kier alpha value is -0.870. The van der Waals surface area contributed by atoms with Crippen molar-refractivity contribution in [2.75, 3.05) is 26.2 Å². The minimum absolute atomic E-state index is 0.114. The van der Waals surface area contributed by atoms with Gasteiger partial charge in [0.05, 0.1) is 10.9 Å². The molecule has 1 N–H and O–H groups in total. The van der Waals surface area contributed by atoms with E-state index in [-0.39, 0.29) is 5.91 Å². The molecule has 1 saturated heterocycles. The number of amides is 1. The lowest BCUT2D eigenvalue weighted by atomic mass is 10.2. The van der Waals surface area contributed by atoms with Crippen molar-refractivity contribution in [2.45, 2.75) is 0 Å². The molecule has 1 aromatic heterocycles. The first kappa shape index (κ1) is 8.72. The summed E-state index contributed by atoms with van der Waals surface area (Å²) in [6.45, 7) is 3.41. The number of hydrogen-bond acceptors (Lipinski definition) is 3. The molecule has 1 aliphatic heterocycles. The molecule has 1 aromatic rings. The van der Waals surface area contributed by atoms with Crippen LogP contribution in [0.2, 0.25) is 0 Å². The molecule has 0 atom stereocenters. The van der Waals surface area contributed by atoms with Crippen molar-refractivity contribution in [3.63, 3.8) is 0 Å². The van der Waals surface area contributed by atoms with Gasteiger partial charge in [0.1, 0.15) is 0 Å². The zero-order chi connectivity index (χ0) is 9.10. The van der Waals surface area contributed by atoms with Gasteiger partial charge in [0.15, 0.2) is 0 Å². The number of rotatable bonds is 1. The van der Waals surface area contributed by atoms with Gasteiger partial charge in [0.2, 0.25) is 0 Å². The van der Waals surface area contributed by atoms with Crippen LogP contribution in [-0.2, 0) is 0 Å². The monoisotopic (exact) mass is 195 g/mol. The quantitative estimate of drug-likeness (QED) is 0.711. The summed E-state index contributed by atoms with van der Waals surface area (Å²) in [5.74, 6) is 0.114. The summed E-state index contributed by atoms with van der Waals surface area (Å²) in [5.41, 5.74) is 0.701. The Morgan fingerprint density at radius 3 is 2.92 bits per heavy atom. The van der Waals surface area contributed by atoms with Gasteiger partial charge in [-0.3, -0.25) is 4.79 Å². The second-order valence-corrected chi connectivity index (χ2v) is 3.69. The average Bonchev–Trinajstić information content (AvgIpc) is 2.71. The molecule has 0 unspecified atom stereocenters. The van der Waals surface area contributed by atoms with Gasteiger partial charge in [0, 0.05) is 26.2 Å². The molecular weight excluding hydrogens is 184 g/mol. The molecule has 0 saturated carbocycles. The van der Waals surface area contributed by atoms with Crippen molar-refractivity contribution in [2.24, 2.45) is 0 Å². The topological polar surface area (TPSA) is 32.3 Å². The number of hydrogen-bond donors (Lipinski definition) is 1. The molecular formula is C9H11N2OS. The predicted molar refractivity (Wildman–Crippen MR) is 51.9 cm³/mol. The summed E-state index contributed by atoms with van der Waals surface area (Å²) >= 11 is 1.44. The normalized spacial score (nSPS) is 17.4. The fraction of sp³-hybridized carbons (Fsp3) is 0.444. The molecule has 0 bridgehead atoms. The number of carbonyl (C=O) groups is 1. The minimum Gasteiger partial charge on any atom is -0.336 e. The summed E-state index contributed by atoms with van der Waals surface area (Å²) in [5, 5.41) is 8.06. The Morgan fingerprint density at radius 2 is 2.31 bits per heavy atom. The lowest BCUT2D eigenvalue weighted by molar-refractivity contribution is 0.0736. The van der Waals surface area contributed by atoms with Crippen LogP contribution in [0.25, 0.3) is 0 Å². The number of nitrogens with zero attached hydrogens (tertiary/aromatic N) is 1. The first-order chi connectivity index (χ1) is 6.38. The third kappa shape index (κ3) is 1.89. The standard InChI is InChI=1S/C9H11N2OS/c12-9(8-1-6-13-7-8)11-4-2-10-3-5-11/h1,6,10H,2-5H2. The van der Waals surface area contributed by atoms with Gasteiger partial charge >= 0.3 is 0 Å². The summed E-state index contributed by atoms with van der Waals surface area (Å²) in [6, 6.07) is 1.83. The van der Waals surface area contributed by atoms with Crippen molar-refractivity contribution < 1.29 is 4.79 Å². The predicted octanol–water partition coefficient (Wildman–Crippen LogP) is 0.594. The maximum atomic E-state index is 11.7. The van der Waals surface area contributed by atoms with Crippen LogP contribution in [0.1, 0.15) is 10.4 Å². The lowest BCUT2D eigenvalue weighted by Gasteiger charge is -2.26. The van der Waals surface area contributed by atoms with E-state index in [0.29, 0.717) is 5.56 Å². The van der Waals surface area contributed by atoms with E-state index in [1.807, 2.05) is 16.3 Å². The molecule has 13 heavy (non-hydrogen) atoms. The highest BCUT2D eigenvalue weighted by atomic mass is 32.1. The highest BCUT2D eigenvalue weighted by molar-refractivity contribution is 7.07. The number of piperazine rings is 1. The van der Waals surface area contributed by atoms with E-state index in [4.69, 9.17) is 0 Å². The van der Waals surface area contributed by atoms with Gasteiger partial charge < -0.3 is 10.2 Å². The van der Waals surface area contributed by atoms with Crippen molar-refractivity contribution >= 4 is 17.2 Å². The van der Waals surface area contributed by atoms with Crippen molar-refractivity contribution in [3.05, 3.63) is 22.4 Å². The second kappa shape index (κ2) is 3.89. The molecule has 1 amide bonds. The summed E-state index contributed by atoms with van der Waals surface area (Å²) in [6.07, 6.45) is 0. The molecule has 4 heteroatoms. The highest BCUT2D eigenvalue weighted by Crippen LogP contribution is 2.08. The van der Waals surface area contributed by atoms with Gasteiger partial charge in [-0.25, -0.2) is 0 Å². The van der Waals surface area contributed by atoms with E-state index >= 15 is 0 Å². The van der Waals surface area contributed by atoms with E-state index in [1.54, 1.807) is 0 Å². The van der Waals surface area contributed by atoms with E-state index in [1.165, 1.54) is 11.3 Å². The van der Waals surface area contributed by atoms with Crippen LogP contribution >= 0.6 is 11.3 Å². The molecule has 3 nitrogen and oxygen atoms in total. The van der Waals surface area contributed by atoms with Gasteiger partial charge in [-0.1, -0.05) is 0 Å². The Balaban J connectivity index is 2.04. The minimum atomic E-state index is 0.114. The molecule has 69 valence electrons. The SMILES string of the molecule is O=C(c1[c]scc1)N1CCNCC1. The molecule has 0 aliphatic carbocycles. The fourth-order valence-corrected chi connectivity index (χ4v) is 1.94. The van der Waals surface area contributed by atoms with Crippen LogP contribution in [0.15, 0.2) is 11.4 Å². The average molecular weight is 195 g/mol. The number of nitrogens with one attached hydrogen (secondary N) is 1. The van der Waals surface area contributed by atoms with Gasteiger partial charge in [0.25, 0.3) is 5.91 Å².